The van der Waals surface area contributed by atoms with Gasteiger partial charge in [0, 0.05) is 6.04 Å². The molecule has 1 aliphatic rings. The van der Waals surface area contributed by atoms with Crippen LogP contribution in [0.25, 0.3) is 0 Å². The highest BCUT2D eigenvalue weighted by Gasteiger charge is 2.16. The average Bonchev–Trinajstić information content (AvgIpc) is 2.29. The number of likely N-dealkylation sites (tertiary alicyclic amines) is 1. The van der Waals surface area contributed by atoms with Crippen LogP contribution in [0.2, 0.25) is 0 Å². The quantitative estimate of drug-likeness (QED) is 0.727. The smallest absolute Gasteiger partial charge is 0.0526 e. The maximum atomic E-state index is 9.30. The van der Waals surface area contributed by atoms with Gasteiger partial charge in [-0.25, -0.2) is 0 Å². The van der Waals surface area contributed by atoms with E-state index in [1.54, 1.807) is 0 Å². The van der Waals surface area contributed by atoms with E-state index >= 15 is 0 Å². The third-order valence-corrected chi connectivity index (χ3v) is 2.95. The second-order valence-corrected chi connectivity index (χ2v) is 4.38. The molecule has 0 radical (unpaired) electrons. The molecule has 0 bridgehead atoms. The van der Waals surface area contributed by atoms with Crippen LogP contribution in [-0.2, 0) is 0 Å². The zero-order valence-corrected chi connectivity index (χ0v) is 9.00. The molecule has 1 fully saturated rings. The Morgan fingerprint density at radius 2 is 1.62 bits per heavy atom. The maximum absolute atomic E-state index is 9.30. The highest BCUT2D eigenvalue weighted by molar-refractivity contribution is 4.71. The highest BCUT2D eigenvalue weighted by atomic mass is 16.3. The van der Waals surface area contributed by atoms with Gasteiger partial charge in [0.05, 0.1) is 6.10 Å². The van der Waals surface area contributed by atoms with Crippen molar-refractivity contribution in [2.24, 2.45) is 0 Å². The lowest BCUT2D eigenvalue weighted by Crippen LogP contribution is -2.35. The summed E-state index contributed by atoms with van der Waals surface area (Å²) < 4.78 is 0. The molecule has 1 aliphatic heterocycles. The zero-order chi connectivity index (χ0) is 9.68. The van der Waals surface area contributed by atoms with E-state index in [9.17, 15) is 5.11 Å². The van der Waals surface area contributed by atoms with E-state index in [0.717, 1.165) is 6.42 Å². The van der Waals surface area contributed by atoms with Crippen molar-refractivity contribution in [3.05, 3.63) is 0 Å². The van der Waals surface area contributed by atoms with Crippen molar-refractivity contribution < 1.29 is 5.11 Å². The molecule has 0 spiro atoms. The molecule has 1 heterocycles. The molecule has 1 N–H and O–H groups in total. The first-order chi connectivity index (χ1) is 6.20. The number of aliphatic hydroxyl groups excluding tert-OH is 1. The summed E-state index contributed by atoms with van der Waals surface area (Å²) in [6.45, 7) is 6.58. The SMILES string of the molecule is CC(O)CC(C)N1CCCCCC1. The Bertz CT molecular complexity index is 128. The molecule has 0 saturated carbocycles. The Kier molecular flexibility index (Phi) is 4.74. The van der Waals surface area contributed by atoms with Gasteiger partial charge in [0.15, 0.2) is 0 Å². The van der Waals surface area contributed by atoms with Crippen LogP contribution in [0.15, 0.2) is 0 Å². The van der Waals surface area contributed by atoms with Crippen LogP contribution >= 0.6 is 0 Å². The number of aliphatic hydroxyl groups is 1. The summed E-state index contributed by atoms with van der Waals surface area (Å²) in [4.78, 5) is 2.53. The van der Waals surface area contributed by atoms with E-state index in [2.05, 4.69) is 11.8 Å². The molecular weight excluding hydrogens is 162 g/mol. The van der Waals surface area contributed by atoms with Gasteiger partial charge in [-0.05, 0) is 46.2 Å². The molecule has 1 saturated heterocycles. The fraction of sp³-hybridized carbons (Fsp3) is 1.00. The Hall–Kier alpha value is -0.0800. The van der Waals surface area contributed by atoms with Crippen molar-refractivity contribution in [2.75, 3.05) is 13.1 Å². The normalized spacial score (nSPS) is 25.2. The minimum Gasteiger partial charge on any atom is -0.393 e. The van der Waals surface area contributed by atoms with Gasteiger partial charge in [-0.3, -0.25) is 0 Å². The third-order valence-electron chi connectivity index (χ3n) is 2.95. The van der Waals surface area contributed by atoms with Crippen LogP contribution in [0.1, 0.15) is 46.0 Å². The first-order valence-electron chi connectivity index (χ1n) is 5.62. The van der Waals surface area contributed by atoms with E-state index in [1.165, 1.54) is 38.8 Å². The minimum atomic E-state index is -0.154. The van der Waals surface area contributed by atoms with Gasteiger partial charge in [0.1, 0.15) is 0 Å². The second kappa shape index (κ2) is 5.61. The van der Waals surface area contributed by atoms with Crippen LogP contribution in [0.3, 0.4) is 0 Å². The lowest BCUT2D eigenvalue weighted by Gasteiger charge is -2.28. The van der Waals surface area contributed by atoms with E-state index in [0.29, 0.717) is 6.04 Å². The summed E-state index contributed by atoms with van der Waals surface area (Å²) in [5.74, 6) is 0. The fourth-order valence-corrected chi connectivity index (χ4v) is 2.18. The number of hydrogen-bond acceptors (Lipinski definition) is 2. The molecule has 2 unspecified atom stereocenters. The average molecular weight is 185 g/mol. The molecule has 1 rings (SSSR count). The van der Waals surface area contributed by atoms with Crippen LogP contribution in [0.4, 0.5) is 0 Å². The van der Waals surface area contributed by atoms with E-state index < -0.39 is 0 Å². The Morgan fingerprint density at radius 1 is 1.08 bits per heavy atom. The fourth-order valence-electron chi connectivity index (χ4n) is 2.18. The number of hydrogen-bond donors (Lipinski definition) is 1. The predicted octanol–water partition coefficient (Wildman–Crippen LogP) is 2.02. The zero-order valence-electron chi connectivity index (χ0n) is 9.00. The van der Waals surface area contributed by atoms with Crippen molar-refractivity contribution in [3.8, 4) is 0 Å². The first kappa shape index (κ1) is 11.0. The van der Waals surface area contributed by atoms with Gasteiger partial charge in [-0.2, -0.15) is 0 Å². The minimum absolute atomic E-state index is 0.154. The van der Waals surface area contributed by atoms with Crippen LogP contribution in [-0.4, -0.2) is 35.2 Å². The van der Waals surface area contributed by atoms with E-state index in [1.807, 2.05) is 6.92 Å². The second-order valence-electron chi connectivity index (χ2n) is 4.38. The van der Waals surface area contributed by atoms with Gasteiger partial charge in [0.25, 0.3) is 0 Å². The predicted molar refractivity (Wildman–Crippen MR) is 55.8 cm³/mol. The van der Waals surface area contributed by atoms with Crippen molar-refractivity contribution in [1.82, 2.24) is 4.90 Å². The molecule has 78 valence electrons. The maximum Gasteiger partial charge on any atom is 0.0526 e. The molecule has 2 atom stereocenters. The summed E-state index contributed by atoms with van der Waals surface area (Å²) in [6, 6.07) is 0.554. The van der Waals surface area contributed by atoms with Crippen molar-refractivity contribution in [3.63, 3.8) is 0 Å². The monoisotopic (exact) mass is 185 g/mol. The summed E-state index contributed by atoms with van der Waals surface area (Å²) >= 11 is 0. The summed E-state index contributed by atoms with van der Waals surface area (Å²) in [5, 5.41) is 9.30. The van der Waals surface area contributed by atoms with Crippen LogP contribution in [0, 0.1) is 0 Å². The standard InChI is InChI=1S/C11H23NO/c1-10(9-11(2)13)12-7-5-3-4-6-8-12/h10-11,13H,3-9H2,1-2H3. The lowest BCUT2D eigenvalue weighted by molar-refractivity contribution is 0.122. The van der Waals surface area contributed by atoms with E-state index in [-0.39, 0.29) is 6.10 Å². The summed E-state index contributed by atoms with van der Waals surface area (Å²) in [5.41, 5.74) is 0. The third kappa shape index (κ3) is 4.10. The van der Waals surface area contributed by atoms with Gasteiger partial charge in [-0.15, -0.1) is 0 Å². The van der Waals surface area contributed by atoms with Crippen molar-refractivity contribution >= 4 is 0 Å². The molecular formula is C11H23NO. The first-order valence-corrected chi connectivity index (χ1v) is 5.62. The summed E-state index contributed by atoms with van der Waals surface area (Å²) in [7, 11) is 0. The lowest BCUT2D eigenvalue weighted by atomic mass is 10.1. The molecule has 2 nitrogen and oxygen atoms in total. The number of nitrogens with zero attached hydrogens (tertiary/aromatic N) is 1. The van der Waals surface area contributed by atoms with Crippen molar-refractivity contribution in [1.29, 1.82) is 0 Å². The van der Waals surface area contributed by atoms with Gasteiger partial charge in [-0.1, -0.05) is 12.8 Å². The number of rotatable bonds is 3. The molecule has 0 aromatic heterocycles. The molecule has 0 aliphatic carbocycles. The van der Waals surface area contributed by atoms with E-state index in [4.69, 9.17) is 0 Å². The highest BCUT2D eigenvalue weighted by Crippen LogP contribution is 2.14. The van der Waals surface area contributed by atoms with Crippen LogP contribution < -0.4 is 0 Å². The van der Waals surface area contributed by atoms with Crippen molar-refractivity contribution in [2.45, 2.75) is 58.1 Å². The molecule has 13 heavy (non-hydrogen) atoms. The largest absolute Gasteiger partial charge is 0.393 e. The van der Waals surface area contributed by atoms with Crippen LogP contribution in [0.5, 0.6) is 0 Å². The molecule has 0 aromatic carbocycles. The Balaban J connectivity index is 2.30. The topological polar surface area (TPSA) is 23.5 Å². The molecule has 2 heteroatoms. The molecule has 0 aromatic rings. The van der Waals surface area contributed by atoms with Gasteiger partial charge in [0.2, 0.25) is 0 Å². The molecule has 0 amide bonds. The Morgan fingerprint density at radius 3 is 2.08 bits per heavy atom. The summed E-state index contributed by atoms with van der Waals surface area (Å²) in [6.07, 6.45) is 6.21. The van der Waals surface area contributed by atoms with Gasteiger partial charge < -0.3 is 10.0 Å². The van der Waals surface area contributed by atoms with Gasteiger partial charge >= 0.3 is 0 Å². The Labute approximate surface area is 81.9 Å².